The first-order valence-electron chi connectivity index (χ1n) is 4.74. The molecule has 88 valence electrons. The van der Waals surface area contributed by atoms with Crippen LogP contribution in [0.5, 0.6) is 0 Å². The van der Waals surface area contributed by atoms with Crippen LogP contribution in [0.25, 0.3) is 11.4 Å². The van der Waals surface area contributed by atoms with Crippen LogP contribution in [-0.2, 0) is 0 Å². The van der Waals surface area contributed by atoms with Crippen molar-refractivity contribution in [1.29, 1.82) is 0 Å². The van der Waals surface area contributed by atoms with E-state index < -0.39 is 11.8 Å². The third-order valence-corrected chi connectivity index (χ3v) is 2.92. The van der Waals surface area contributed by atoms with Crippen molar-refractivity contribution in [2.24, 2.45) is 0 Å². The molecule has 0 aliphatic heterocycles. The highest BCUT2D eigenvalue weighted by molar-refractivity contribution is 9.10. The van der Waals surface area contributed by atoms with Gasteiger partial charge in [-0.25, -0.2) is 14.2 Å². The molecule has 0 saturated heterocycles. The number of carboxylic acid groups (broad SMARTS) is 1. The molecule has 0 aliphatic rings. The molecule has 1 aromatic carbocycles. The number of carboxylic acids is 1. The van der Waals surface area contributed by atoms with Crippen LogP contribution in [0.3, 0.4) is 0 Å². The summed E-state index contributed by atoms with van der Waals surface area (Å²) in [6.45, 7) is 1.61. The summed E-state index contributed by atoms with van der Waals surface area (Å²) in [5.74, 6) is -1.19. The standard InChI is InChI=1S/C11H8BrFN2O2/c1-5-9(11(16)17)15-10(14-5)6-2-3-7(12)8(13)4-6/h2-4H,1H3,(H,14,15)(H,16,17). The number of imidazole rings is 1. The lowest BCUT2D eigenvalue weighted by molar-refractivity contribution is 0.0690. The second kappa shape index (κ2) is 4.29. The van der Waals surface area contributed by atoms with Gasteiger partial charge in [-0.15, -0.1) is 0 Å². The lowest BCUT2D eigenvalue weighted by Gasteiger charge is -1.98. The third kappa shape index (κ3) is 2.21. The Bertz CT molecular complexity index is 595. The Morgan fingerprint density at radius 1 is 1.53 bits per heavy atom. The van der Waals surface area contributed by atoms with Gasteiger partial charge in [0.15, 0.2) is 5.69 Å². The Morgan fingerprint density at radius 2 is 2.24 bits per heavy atom. The first-order chi connectivity index (χ1) is 7.99. The fourth-order valence-corrected chi connectivity index (χ4v) is 1.70. The number of nitrogens with zero attached hydrogens (tertiary/aromatic N) is 1. The van der Waals surface area contributed by atoms with Gasteiger partial charge in [0.1, 0.15) is 11.6 Å². The molecule has 2 aromatic rings. The van der Waals surface area contributed by atoms with Gasteiger partial charge in [-0.2, -0.15) is 0 Å². The van der Waals surface area contributed by atoms with Crippen molar-refractivity contribution in [1.82, 2.24) is 9.97 Å². The van der Waals surface area contributed by atoms with Gasteiger partial charge in [-0.3, -0.25) is 0 Å². The number of nitrogens with one attached hydrogen (secondary N) is 1. The molecule has 0 aliphatic carbocycles. The maximum atomic E-state index is 13.3. The number of hydrogen-bond acceptors (Lipinski definition) is 2. The molecule has 1 heterocycles. The normalized spacial score (nSPS) is 10.5. The van der Waals surface area contributed by atoms with Crippen molar-refractivity contribution >= 4 is 21.9 Å². The minimum atomic E-state index is -1.11. The van der Waals surface area contributed by atoms with Crippen molar-refractivity contribution < 1.29 is 14.3 Å². The Kier molecular flexibility index (Phi) is 2.97. The smallest absolute Gasteiger partial charge is 0.356 e. The number of aromatic carboxylic acids is 1. The van der Waals surface area contributed by atoms with Gasteiger partial charge in [-0.05, 0) is 41.1 Å². The van der Waals surface area contributed by atoms with E-state index in [4.69, 9.17) is 5.11 Å². The fraction of sp³-hybridized carbons (Fsp3) is 0.0909. The van der Waals surface area contributed by atoms with E-state index in [1.54, 1.807) is 19.1 Å². The Balaban J connectivity index is 2.50. The van der Waals surface area contributed by atoms with Crippen LogP contribution in [0.15, 0.2) is 22.7 Å². The molecule has 17 heavy (non-hydrogen) atoms. The SMILES string of the molecule is Cc1[nH]c(-c2ccc(Br)c(F)c2)nc1C(=O)O. The minimum Gasteiger partial charge on any atom is -0.476 e. The zero-order valence-electron chi connectivity index (χ0n) is 8.79. The molecule has 2 rings (SSSR count). The predicted octanol–water partition coefficient (Wildman–Crippen LogP) is 2.98. The fourth-order valence-electron chi connectivity index (χ4n) is 1.45. The zero-order valence-corrected chi connectivity index (χ0v) is 10.4. The first-order valence-corrected chi connectivity index (χ1v) is 5.53. The van der Waals surface area contributed by atoms with Crippen molar-refractivity contribution in [2.45, 2.75) is 6.92 Å². The molecule has 2 N–H and O–H groups in total. The van der Waals surface area contributed by atoms with E-state index >= 15 is 0 Å². The average molecular weight is 299 g/mol. The molecule has 0 spiro atoms. The maximum absolute atomic E-state index is 13.3. The lowest BCUT2D eigenvalue weighted by atomic mass is 10.2. The number of halogens is 2. The Hall–Kier alpha value is -1.69. The van der Waals surface area contributed by atoms with Gasteiger partial charge in [0, 0.05) is 11.3 Å². The van der Waals surface area contributed by atoms with Crippen molar-refractivity contribution in [2.75, 3.05) is 0 Å². The van der Waals surface area contributed by atoms with Crippen LogP contribution in [0.4, 0.5) is 4.39 Å². The van der Waals surface area contributed by atoms with E-state index in [9.17, 15) is 9.18 Å². The van der Waals surface area contributed by atoms with E-state index in [0.717, 1.165) is 0 Å². The van der Waals surface area contributed by atoms with E-state index in [-0.39, 0.29) is 5.69 Å². The predicted molar refractivity (Wildman–Crippen MR) is 63.4 cm³/mol. The molecule has 0 radical (unpaired) electrons. The maximum Gasteiger partial charge on any atom is 0.356 e. The van der Waals surface area contributed by atoms with Gasteiger partial charge in [-0.1, -0.05) is 0 Å². The molecule has 0 fully saturated rings. The van der Waals surface area contributed by atoms with E-state index in [1.165, 1.54) is 6.07 Å². The summed E-state index contributed by atoms with van der Waals surface area (Å²) in [7, 11) is 0. The number of aromatic amines is 1. The second-order valence-electron chi connectivity index (χ2n) is 3.49. The van der Waals surface area contributed by atoms with Crippen LogP contribution in [0, 0.1) is 12.7 Å². The molecule has 0 saturated carbocycles. The van der Waals surface area contributed by atoms with Crippen molar-refractivity contribution in [3.8, 4) is 11.4 Å². The van der Waals surface area contributed by atoms with E-state index in [2.05, 4.69) is 25.9 Å². The number of aromatic nitrogens is 2. The van der Waals surface area contributed by atoms with Gasteiger partial charge >= 0.3 is 5.97 Å². The summed E-state index contributed by atoms with van der Waals surface area (Å²) < 4.78 is 13.7. The van der Waals surface area contributed by atoms with Crippen LogP contribution in [0.2, 0.25) is 0 Å². The first kappa shape index (κ1) is 11.8. The van der Waals surface area contributed by atoms with E-state index in [0.29, 0.717) is 21.6 Å². The number of aryl methyl sites for hydroxylation is 1. The summed E-state index contributed by atoms with van der Waals surface area (Å²) in [5.41, 5.74) is 0.889. The van der Waals surface area contributed by atoms with E-state index in [1.807, 2.05) is 0 Å². The number of H-pyrrole nitrogens is 1. The number of carbonyl (C=O) groups is 1. The van der Waals surface area contributed by atoms with Crippen molar-refractivity contribution in [3.05, 3.63) is 39.9 Å². The Morgan fingerprint density at radius 3 is 2.76 bits per heavy atom. The number of hydrogen-bond donors (Lipinski definition) is 2. The second-order valence-corrected chi connectivity index (χ2v) is 4.35. The average Bonchev–Trinajstić information content (AvgIpc) is 2.64. The van der Waals surface area contributed by atoms with Crippen LogP contribution in [-0.4, -0.2) is 21.0 Å². The molecule has 0 bridgehead atoms. The third-order valence-electron chi connectivity index (χ3n) is 2.28. The molecule has 6 heteroatoms. The van der Waals surface area contributed by atoms with Gasteiger partial charge in [0.05, 0.1) is 4.47 Å². The quantitative estimate of drug-likeness (QED) is 0.896. The van der Waals surface area contributed by atoms with Crippen LogP contribution < -0.4 is 0 Å². The van der Waals surface area contributed by atoms with Crippen LogP contribution >= 0.6 is 15.9 Å². The summed E-state index contributed by atoms with van der Waals surface area (Å²) in [6.07, 6.45) is 0. The highest BCUT2D eigenvalue weighted by Crippen LogP contribution is 2.23. The molecular weight excluding hydrogens is 291 g/mol. The number of benzene rings is 1. The molecule has 4 nitrogen and oxygen atoms in total. The van der Waals surface area contributed by atoms with Gasteiger partial charge in [0.25, 0.3) is 0 Å². The molecule has 1 aromatic heterocycles. The highest BCUT2D eigenvalue weighted by Gasteiger charge is 2.14. The lowest BCUT2D eigenvalue weighted by Crippen LogP contribution is -1.98. The monoisotopic (exact) mass is 298 g/mol. The molecule has 0 amide bonds. The Labute approximate surface area is 105 Å². The largest absolute Gasteiger partial charge is 0.476 e. The van der Waals surface area contributed by atoms with Crippen molar-refractivity contribution in [3.63, 3.8) is 0 Å². The molecule has 0 unspecified atom stereocenters. The summed E-state index contributed by atoms with van der Waals surface area (Å²) in [5, 5.41) is 8.86. The minimum absolute atomic E-state index is 0.0525. The summed E-state index contributed by atoms with van der Waals surface area (Å²) >= 11 is 3.05. The topological polar surface area (TPSA) is 66.0 Å². The summed E-state index contributed by atoms with van der Waals surface area (Å²) in [4.78, 5) is 17.6. The highest BCUT2D eigenvalue weighted by atomic mass is 79.9. The van der Waals surface area contributed by atoms with Crippen LogP contribution in [0.1, 0.15) is 16.2 Å². The summed E-state index contributed by atoms with van der Waals surface area (Å²) in [6, 6.07) is 4.48. The zero-order chi connectivity index (χ0) is 12.6. The van der Waals surface area contributed by atoms with Gasteiger partial charge < -0.3 is 10.1 Å². The molecule has 0 atom stereocenters. The molecular formula is C11H8BrFN2O2. The van der Waals surface area contributed by atoms with Gasteiger partial charge in [0.2, 0.25) is 0 Å². The number of rotatable bonds is 2.